The van der Waals surface area contributed by atoms with E-state index in [1.807, 2.05) is 37.3 Å². The second kappa shape index (κ2) is 7.36. The Bertz CT molecular complexity index is 599. The number of rotatable bonds is 5. The van der Waals surface area contributed by atoms with Crippen LogP contribution in [0.5, 0.6) is 11.5 Å². The van der Waals surface area contributed by atoms with Crippen LogP contribution in [0.4, 0.5) is 10.5 Å². The van der Waals surface area contributed by atoms with Crippen LogP contribution in [0.15, 0.2) is 54.6 Å². The third kappa shape index (κ3) is 4.15. The summed E-state index contributed by atoms with van der Waals surface area (Å²) in [6, 6.07) is 15.6. The highest BCUT2D eigenvalue weighted by molar-refractivity contribution is 5.91. The molecule has 2 amide bonds. The summed E-state index contributed by atoms with van der Waals surface area (Å²) in [6.45, 7) is 4.23. The van der Waals surface area contributed by atoms with Crippen molar-refractivity contribution < 1.29 is 14.6 Å². The van der Waals surface area contributed by atoms with Crippen LogP contribution < -0.4 is 15.0 Å². The lowest BCUT2D eigenvalue weighted by Crippen LogP contribution is -2.46. The first kappa shape index (κ1) is 15.7. The molecule has 5 heteroatoms. The Morgan fingerprint density at radius 2 is 1.82 bits per heavy atom. The Balaban J connectivity index is 1.96. The van der Waals surface area contributed by atoms with Gasteiger partial charge in [-0.3, -0.25) is 4.90 Å². The van der Waals surface area contributed by atoms with Crippen LogP contribution in [0, 0.1) is 0 Å². The first-order valence-corrected chi connectivity index (χ1v) is 7.19. The lowest BCUT2D eigenvalue weighted by atomic mass is 10.3. The Morgan fingerprint density at radius 1 is 1.18 bits per heavy atom. The quantitative estimate of drug-likeness (QED) is 0.832. The number of aromatic hydroxyl groups is 1. The van der Waals surface area contributed by atoms with Gasteiger partial charge in [-0.15, -0.1) is 0 Å². The van der Waals surface area contributed by atoms with E-state index >= 15 is 0 Å². The van der Waals surface area contributed by atoms with Crippen molar-refractivity contribution >= 4 is 11.7 Å². The third-order valence-electron chi connectivity index (χ3n) is 3.11. The SMILES string of the molecule is CCN(C(=O)NC(C)Oc1ccc(O)cc1)c1ccccc1. The second-order valence-electron chi connectivity index (χ2n) is 4.78. The summed E-state index contributed by atoms with van der Waals surface area (Å²) in [7, 11) is 0. The normalized spacial score (nSPS) is 11.5. The van der Waals surface area contributed by atoms with Gasteiger partial charge in [0.15, 0.2) is 6.23 Å². The zero-order valence-corrected chi connectivity index (χ0v) is 12.7. The van der Waals surface area contributed by atoms with Crippen LogP contribution in [0.2, 0.25) is 0 Å². The average Bonchev–Trinajstić information content (AvgIpc) is 2.51. The fourth-order valence-corrected chi connectivity index (χ4v) is 2.06. The van der Waals surface area contributed by atoms with Gasteiger partial charge in [0.25, 0.3) is 0 Å². The van der Waals surface area contributed by atoms with E-state index in [1.54, 1.807) is 24.0 Å². The smallest absolute Gasteiger partial charge is 0.324 e. The van der Waals surface area contributed by atoms with Gasteiger partial charge >= 0.3 is 6.03 Å². The van der Waals surface area contributed by atoms with Gasteiger partial charge in [-0.2, -0.15) is 0 Å². The number of benzene rings is 2. The van der Waals surface area contributed by atoms with Crippen LogP contribution in [0.3, 0.4) is 0 Å². The van der Waals surface area contributed by atoms with E-state index in [0.717, 1.165) is 5.69 Å². The summed E-state index contributed by atoms with van der Waals surface area (Å²) >= 11 is 0. The lowest BCUT2D eigenvalue weighted by molar-refractivity contribution is 0.180. The number of urea groups is 1. The van der Waals surface area contributed by atoms with Crippen LogP contribution in [-0.4, -0.2) is 23.9 Å². The third-order valence-corrected chi connectivity index (χ3v) is 3.11. The Morgan fingerprint density at radius 3 is 2.41 bits per heavy atom. The Hall–Kier alpha value is -2.69. The van der Waals surface area contributed by atoms with Gasteiger partial charge in [-0.25, -0.2) is 4.79 Å². The van der Waals surface area contributed by atoms with Crippen LogP contribution in [0.1, 0.15) is 13.8 Å². The zero-order valence-electron chi connectivity index (χ0n) is 12.7. The van der Waals surface area contributed by atoms with Gasteiger partial charge in [0.05, 0.1) is 0 Å². The Kier molecular flexibility index (Phi) is 5.25. The van der Waals surface area contributed by atoms with Crippen molar-refractivity contribution in [2.24, 2.45) is 0 Å². The van der Waals surface area contributed by atoms with Crippen molar-refractivity contribution in [3.8, 4) is 11.5 Å². The predicted octanol–water partition coefficient (Wildman–Crippen LogP) is 3.35. The molecule has 2 N–H and O–H groups in total. The zero-order chi connectivity index (χ0) is 15.9. The molecule has 0 aliphatic carbocycles. The molecule has 0 fully saturated rings. The van der Waals surface area contributed by atoms with Crippen LogP contribution in [0.25, 0.3) is 0 Å². The number of para-hydroxylation sites is 1. The first-order chi connectivity index (χ1) is 10.6. The fourth-order valence-electron chi connectivity index (χ4n) is 2.06. The van der Waals surface area contributed by atoms with Crippen molar-refractivity contribution in [3.63, 3.8) is 0 Å². The highest BCUT2D eigenvalue weighted by Gasteiger charge is 2.16. The fraction of sp³-hybridized carbons (Fsp3) is 0.235. The standard InChI is InChI=1S/C17H20N2O3/c1-3-19(14-7-5-4-6-8-14)17(21)18-13(2)22-16-11-9-15(20)10-12-16/h4-13,20H,3H2,1-2H3,(H,18,21). The first-order valence-electron chi connectivity index (χ1n) is 7.19. The molecule has 1 unspecified atom stereocenters. The number of ether oxygens (including phenoxy) is 1. The van der Waals surface area contributed by atoms with E-state index in [0.29, 0.717) is 12.3 Å². The van der Waals surface area contributed by atoms with Crippen molar-refractivity contribution in [2.75, 3.05) is 11.4 Å². The van der Waals surface area contributed by atoms with Crippen molar-refractivity contribution in [1.82, 2.24) is 5.32 Å². The largest absolute Gasteiger partial charge is 0.508 e. The van der Waals surface area contributed by atoms with Gasteiger partial charge in [0, 0.05) is 12.2 Å². The molecular formula is C17H20N2O3. The average molecular weight is 300 g/mol. The molecule has 0 saturated heterocycles. The molecule has 0 aliphatic rings. The lowest BCUT2D eigenvalue weighted by Gasteiger charge is -2.24. The molecule has 0 radical (unpaired) electrons. The summed E-state index contributed by atoms with van der Waals surface area (Å²) in [5, 5.41) is 12.0. The van der Waals surface area contributed by atoms with Gasteiger partial charge in [0.1, 0.15) is 11.5 Å². The summed E-state index contributed by atoms with van der Waals surface area (Å²) in [5.74, 6) is 0.749. The monoisotopic (exact) mass is 300 g/mol. The number of phenolic OH excluding ortho intramolecular Hbond substituents is 1. The number of carbonyl (C=O) groups is 1. The Labute approximate surface area is 130 Å². The van der Waals surface area contributed by atoms with Gasteiger partial charge in [-0.05, 0) is 50.2 Å². The minimum atomic E-state index is -0.491. The molecule has 2 aromatic rings. The topological polar surface area (TPSA) is 61.8 Å². The summed E-state index contributed by atoms with van der Waals surface area (Å²) in [5.41, 5.74) is 0.833. The maximum absolute atomic E-state index is 12.3. The number of phenols is 1. The molecule has 0 heterocycles. The van der Waals surface area contributed by atoms with Crippen LogP contribution >= 0.6 is 0 Å². The molecule has 116 valence electrons. The molecule has 0 spiro atoms. The molecule has 5 nitrogen and oxygen atoms in total. The predicted molar refractivity (Wildman–Crippen MR) is 86.2 cm³/mol. The summed E-state index contributed by atoms with van der Waals surface area (Å²) in [4.78, 5) is 14.0. The number of amides is 2. The van der Waals surface area contributed by atoms with E-state index < -0.39 is 6.23 Å². The van der Waals surface area contributed by atoms with Crippen molar-refractivity contribution in [2.45, 2.75) is 20.1 Å². The maximum atomic E-state index is 12.3. The van der Waals surface area contributed by atoms with E-state index in [1.165, 1.54) is 12.1 Å². The summed E-state index contributed by atoms with van der Waals surface area (Å²) in [6.07, 6.45) is -0.491. The molecule has 0 bridgehead atoms. The second-order valence-corrected chi connectivity index (χ2v) is 4.78. The van der Waals surface area contributed by atoms with Gasteiger partial charge in [-0.1, -0.05) is 18.2 Å². The molecule has 0 aliphatic heterocycles. The van der Waals surface area contributed by atoms with E-state index in [2.05, 4.69) is 5.32 Å². The minimum Gasteiger partial charge on any atom is -0.508 e. The number of hydrogen-bond donors (Lipinski definition) is 2. The maximum Gasteiger partial charge on any atom is 0.324 e. The molecular weight excluding hydrogens is 280 g/mol. The van der Waals surface area contributed by atoms with Gasteiger partial charge in [0.2, 0.25) is 0 Å². The number of nitrogens with one attached hydrogen (secondary N) is 1. The number of hydrogen-bond acceptors (Lipinski definition) is 3. The molecule has 0 saturated carbocycles. The molecule has 0 aromatic heterocycles. The molecule has 2 aromatic carbocycles. The summed E-state index contributed by atoms with van der Waals surface area (Å²) < 4.78 is 5.60. The molecule has 22 heavy (non-hydrogen) atoms. The number of anilines is 1. The minimum absolute atomic E-state index is 0.172. The molecule has 1 atom stereocenters. The number of nitrogens with zero attached hydrogens (tertiary/aromatic N) is 1. The van der Waals surface area contributed by atoms with E-state index in [4.69, 9.17) is 4.74 Å². The highest BCUT2D eigenvalue weighted by atomic mass is 16.5. The van der Waals surface area contributed by atoms with E-state index in [-0.39, 0.29) is 11.8 Å². The number of carbonyl (C=O) groups excluding carboxylic acids is 1. The van der Waals surface area contributed by atoms with E-state index in [9.17, 15) is 9.90 Å². The highest BCUT2D eigenvalue weighted by Crippen LogP contribution is 2.17. The van der Waals surface area contributed by atoms with Crippen molar-refractivity contribution in [3.05, 3.63) is 54.6 Å². The molecule has 2 rings (SSSR count). The van der Waals surface area contributed by atoms with Gasteiger partial charge < -0.3 is 15.2 Å². The van der Waals surface area contributed by atoms with Crippen LogP contribution in [-0.2, 0) is 0 Å². The van der Waals surface area contributed by atoms with Crippen molar-refractivity contribution in [1.29, 1.82) is 0 Å².